The van der Waals surface area contributed by atoms with Crippen molar-refractivity contribution < 1.29 is 24.9 Å². The number of benzene rings is 1. The molecule has 126 valence electrons. The number of amides is 2. The Kier molecular flexibility index (Phi) is 4.88. The highest BCUT2D eigenvalue weighted by atomic mass is 32.2. The van der Waals surface area contributed by atoms with Gasteiger partial charge in [0.2, 0.25) is 0 Å². The number of β-lactam (4-membered cyclic amide) rings is 1. The summed E-state index contributed by atoms with van der Waals surface area (Å²) in [5.41, 5.74) is 0. The first-order valence-corrected chi connectivity index (χ1v) is 7.93. The molecule has 2 aliphatic rings. The maximum Gasteiger partial charge on any atom is 0.258 e. The Morgan fingerprint density at radius 2 is 2.04 bits per heavy atom. The maximum atomic E-state index is 12.0. The molecule has 2 heterocycles. The molecule has 1 aromatic carbocycles. The van der Waals surface area contributed by atoms with E-state index in [0.717, 1.165) is 0 Å². The van der Waals surface area contributed by atoms with Crippen LogP contribution in [0.2, 0.25) is 0 Å². The van der Waals surface area contributed by atoms with Gasteiger partial charge in [0.05, 0.1) is 4.75 Å². The van der Waals surface area contributed by atoms with E-state index in [1.807, 2.05) is 32.0 Å². The Balaban J connectivity index is 0.00000192. The lowest BCUT2D eigenvalue weighted by Gasteiger charge is -2.43. The predicted molar refractivity (Wildman–Crippen MR) is 85.8 cm³/mol. The standard InChI is InChI=1S/C15H18N2O4S.H2O/c1-15(2)14(20)17-12(19)11(13(17)22-15)16-10(18)8-21-9-6-4-3-5-7-9;/h3-7,11,13-14,20H,8H2,1-2H3,(H,16,18);1H2. The van der Waals surface area contributed by atoms with Gasteiger partial charge in [-0.25, -0.2) is 0 Å². The molecular weight excluding hydrogens is 320 g/mol. The second kappa shape index (κ2) is 6.38. The quantitative estimate of drug-likeness (QED) is 0.734. The van der Waals surface area contributed by atoms with Gasteiger partial charge >= 0.3 is 0 Å². The number of para-hydroxylation sites is 1. The van der Waals surface area contributed by atoms with Crippen molar-refractivity contribution in [2.75, 3.05) is 6.61 Å². The Morgan fingerprint density at radius 1 is 1.39 bits per heavy atom. The fraction of sp³-hybridized carbons (Fsp3) is 0.467. The zero-order valence-electron chi connectivity index (χ0n) is 12.9. The maximum absolute atomic E-state index is 12.0. The zero-order chi connectivity index (χ0) is 15.9. The summed E-state index contributed by atoms with van der Waals surface area (Å²) in [5, 5.41) is 12.5. The smallest absolute Gasteiger partial charge is 0.258 e. The molecule has 7 nitrogen and oxygen atoms in total. The van der Waals surface area contributed by atoms with E-state index in [2.05, 4.69) is 5.32 Å². The van der Waals surface area contributed by atoms with Crippen molar-refractivity contribution in [2.45, 2.75) is 36.2 Å². The number of carbonyl (C=O) groups excluding carboxylic acids is 2. The summed E-state index contributed by atoms with van der Waals surface area (Å²) in [6.45, 7) is 3.62. The number of rotatable bonds is 4. The first-order chi connectivity index (χ1) is 10.4. The number of thioether (sulfide) groups is 1. The Labute approximate surface area is 138 Å². The van der Waals surface area contributed by atoms with Gasteiger partial charge in [-0.3, -0.25) is 14.5 Å². The van der Waals surface area contributed by atoms with Gasteiger partial charge in [0.15, 0.2) is 6.61 Å². The van der Waals surface area contributed by atoms with Crippen molar-refractivity contribution in [3.8, 4) is 5.75 Å². The SMILES string of the molecule is CC1(C)SC2C(NC(=O)COc3ccccc3)C(=O)N2C1O.O. The van der Waals surface area contributed by atoms with Crippen molar-refractivity contribution in [1.82, 2.24) is 10.2 Å². The van der Waals surface area contributed by atoms with E-state index >= 15 is 0 Å². The van der Waals surface area contributed by atoms with E-state index in [4.69, 9.17) is 4.74 Å². The molecule has 1 aromatic rings. The molecule has 23 heavy (non-hydrogen) atoms. The molecule has 0 spiro atoms. The highest BCUT2D eigenvalue weighted by molar-refractivity contribution is 8.01. The van der Waals surface area contributed by atoms with Crippen LogP contribution in [0.4, 0.5) is 0 Å². The minimum atomic E-state index is -0.816. The van der Waals surface area contributed by atoms with Gasteiger partial charge in [-0.1, -0.05) is 18.2 Å². The highest BCUT2D eigenvalue weighted by Gasteiger charge is 2.61. The van der Waals surface area contributed by atoms with Gasteiger partial charge in [-0.05, 0) is 26.0 Å². The average molecular weight is 340 g/mol. The average Bonchev–Trinajstić information content (AvgIpc) is 2.71. The second-order valence-corrected chi connectivity index (χ2v) is 7.65. The van der Waals surface area contributed by atoms with Crippen LogP contribution in [-0.4, -0.2) is 56.3 Å². The molecule has 3 atom stereocenters. The van der Waals surface area contributed by atoms with Gasteiger partial charge < -0.3 is 20.6 Å². The molecule has 2 fully saturated rings. The summed E-state index contributed by atoms with van der Waals surface area (Å²) in [6, 6.07) is 8.43. The van der Waals surface area contributed by atoms with Gasteiger partial charge in [0.1, 0.15) is 23.4 Å². The topological polar surface area (TPSA) is 110 Å². The molecule has 8 heteroatoms. The molecule has 2 saturated heterocycles. The number of nitrogens with one attached hydrogen (secondary N) is 1. The molecule has 3 rings (SSSR count). The number of aliphatic hydroxyl groups is 1. The molecular formula is C15H20N2O5S. The van der Waals surface area contributed by atoms with Crippen LogP contribution in [-0.2, 0) is 9.59 Å². The molecule has 0 radical (unpaired) electrons. The van der Waals surface area contributed by atoms with Gasteiger partial charge in [0, 0.05) is 0 Å². The summed E-state index contributed by atoms with van der Waals surface area (Å²) in [5.74, 6) is 0.0105. The first-order valence-electron chi connectivity index (χ1n) is 7.05. The Bertz CT molecular complexity index is 595. The van der Waals surface area contributed by atoms with Crippen LogP contribution in [0.1, 0.15) is 13.8 Å². The summed E-state index contributed by atoms with van der Waals surface area (Å²) in [6.07, 6.45) is -0.816. The lowest BCUT2D eigenvalue weighted by molar-refractivity contribution is -0.162. The Hall–Kier alpha value is -1.77. The van der Waals surface area contributed by atoms with E-state index in [1.165, 1.54) is 16.7 Å². The fourth-order valence-corrected chi connectivity index (χ4v) is 4.10. The summed E-state index contributed by atoms with van der Waals surface area (Å²) in [4.78, 5) is 25.4. The van der Waals surface area contributed by atoms with Crippen LogP contribution in [0.15, 0.2) is 30.3 Å². The Morgan fingerprint density at radius 3 is 2.70 bits per heavy atom. The summed E-state index contributed by atoms with van der Waals surface area (Å²) < 4.78 is 4.92. The zero-order valence-corrected chi connectivity index (χ0v) is 13.7. The number of fused-ring (bicyclic) bond motifs is 1. The molecule has 0 aromatic heterocycles. The molecule has 2 amide bonds. The molecule has 2 aliphatic heterocycles. The third-order valence-corrected chi connectivity index (χ3v) is 5.38. The van der Waals surface area contributed by atoms with Crippen LogP contribution >= 0.6 is 11.8 Å². The summed E-state index contributed by atoms with van der Waals surface area (Å²) >= 11 is 1.49. The largest absolute Gasteiger partial charge is 0.484 e. The van der Waals surface area contributed by atoms with E-state index in [-0.39, 0.29) is 29.3 Å². The predicted octanol–water partition coefficient (Wildman–Crippen LogP) is -0.262. The number of carbonyl (C=O) groups is 2. The third kappa shape index (κ3) is 3.15. The molecule has 0 aliphatic carbocycles. The molecule has 3 unspecified atom stereocenters. The van der Waals surface area contributed by atoms with Crippen LogP contribution in [0.3, 0.4) is 0 Å². The monoisotopic (exact) mass is 340 g/mol. The number of hydrogen-bond donors (Lipinski definition) is 2. The highest BCUT2D eigenvalue weighted by Crippen LogP contribution is 2.49. The van der Waals surface area contributed by atoms with E-state index in [9.17, 15) is 14.7 Å². The number of ether oxygens (including phenoxy) is 1. The van der Waals surface area contributed by atoms with E-state index in [1.54, 1.807) is 12.1 Å². The van der Waals surface area contributed by atoms with E-state index < -0.39 is 17.0 Å². The van der Waals surface area contributed by atoms with Crippen LogP contribution in [0, 0.1) is 0 Å². The van der Waals surface area contributed by atoms with Crippen molar-refractivity contribution in [3.63, 3.8) is 0 Å². The third-order valence-electron chi connectivity index (χ3n) is 3.82. The number of hydrogen-bond acceptors (Lipinski definition) is 5. The van der Waals surface area contributed by atoms with Crippen molar-refractivity contribution >= 4 is 23.6 Å². The lowest BCUT2D eigenvalue weighted by atomic mass is 10.0. The van der Waals surface area contributed by atoms with Crippen molar-refractivity contribution in [1.29, 1.82) is 0 Å². The number of aliphatic hydroxyl groups excluding tert-OH is 1. The minimum absolute atomic E-state index is 0. The van der Waals surface area contributed by atoms with Crippen molar-refractivity contribution in [2.24, 2.45) is 0 Å². The van der Waals surface area contributed by atoms with Gasteiger partial charge in [0.25, 0.3) is 11.8 Å². The van der Waals surface area contributed by atoms with Crippen molar-refractivity contribution in [3.05, 3.63) is 30.3 Å². The van der Waals surface area contributed by atoms with Crippen LogP contribution in [0.5, 0.6) is 5.75 Å². The molecule has 0 saturated carbocycles. The fourth-order valence-electron chi connectivity index (χ4n) is 2.59. The van der Waals surface area contributed by atoms with Crippen LogP contribution in [0.25, 0.3) is 0 Å². The normalized spacial score (nSPS) is 27.5. The lowest BCUT2D eigenvalue weighted by Crippen LogP contribution is -2.69. The first kappa shape index (κ1) is 17.6. The molecule has 0 bridgehead atoms. The van der Waals surface area contributed by atoms with Gasteiger partial charge in [-0.15, -0.1) is 11.8 Å². The second-order valence-electron chi connectivity index (χ2n) is 5.88. The summed E-state index contributed by atoms with van der Waals surface area (Å²) in [7, 11) is 0. The van der Waals surface area contributed by atoms with Crippen LogP contribution < -0.4 is 10.1 Å². The van der Waals surface area contributed by atoms with E-state index in [0.29, 0.717) is 5.75 Å². The number of nitrogens with zero attached hydrogens (tertiary/aromatic N) is 1. The molecule has 4 N–H and O–H groups in total. The minimum Gasteiger partial charge on any atom is -0.484 e. The van der Waals surface area contributed by atoms with Gasteiger partial charge in [-0.2, -0.15) is 0 Å².